The van der Waals surface area contributed by atoms with Crippen LogP contribution in [0.25, 0.3) is 0 Å². The second-order valence-corrected chi connectivity index (χ2v) is 8.90. The Kier molecular flexibility index (Phi) is 5.79. The Morgan fingerprint density at radius 1 is 1.32 bits per heavy atom. The van der Waals surface area contributed by atoms with Crippen molar-refractivity contribution in [1.29, 1.82) is 5.26 Å². The number of aryl methyl sites for hydroxylation is 2. The summed E-state index contributed by atoms with van der Waals surface area (Å²) >= 11 is 0. The molecule has 4 rings (SSSR count). The largest absolute Gasteiger partial charge is 0.352 e. The molecule has 1 aliphatic carbocycles. The smallest absolute Gasteiger partial charge is 0.248 e. The van der Waals surface area contributed by atoms with Gasteiger partial charge in [-0.3, -0.25) is 4.68 Å². The molecule has 2 fully saturated rings. The van der Waals surface area contributed by atoms with Gasteiger partial charge in [0.2, 0.25) is 11.9 Å². The normalized spacial score (nSPS) is 21.9. The molecule has 1 saturated carbocycles. The highest BCUT2D eigenvalue weighted by Gasteiger charge is 2.45. The molecule has 0 aromatic carbocycles. The number of halogens is 2. The molecular formula is C21H28F2N8. The van der Waals surface area contributed by atoms with Gasteiger partial charge < -0.3 is 15.5 Å². The summed E-state index contributed by atoms with van der Waals surface area (Å²) in [5, 5.41) is 20.1. The molecule has 31 heavy (non-hydrogen) atoms. The highest BCUT2D eigenvalue weighted by atomic mass is 19.3. The third-order valence-electron chi connectivity index (χ3n) is 6.12. The summed E-state index contributed by atoms with van der Waals surface area (Å²) in [6.07, 6.45) is 6.92. The summed E-state index contributed by atoms with van der Waals surface area (Å²) in [5.74, 6) is -1.33. The van der Waals surface area contributed by atoms with E-state index in [9.17, 15) is 14.0 Å². The van der Waals surface area contributed by atoms with Gasteiger partial charge in [-0.1, -0.05) is 0 Å². The van der Waals surface area contributed by atoms with Crippen molar-refractivity contribution < 1.29 is 8.78 Å². The molecule has 2 aliphatic rings. The third-order valence-corrected chi connectivity index (χ3v) is 6.12. The number of nitrogens with zero attached hydrogens (tertiary/aromatic N) is 6. The van der Waals surface area contributed by atoms with Crippen LogP contribution in [0, 0.1) is 24.2 Å². The van der Waals surface area contributed by atoms with Gasteiger partial charge in [-0.2, -0.15) is 15.3 Å². The molecule has 0 unspecified atom stereocenters. The topological polar surface area (TPSA) is 94.7 Å². The first-order valence-corrected chi connectivity index (χ1v) is 10.6. The number of anilines is 3. The van der Waals surface area contributed by atoms with Crippen LogP contribution in [-0.2, 0) is 7.05 Å². The maximum atomic E-state index is 13.7. The molecule has 0 amide bonds. The number of aromatic nitrogens is 4. The molecular weight excluding hydrogens is 402 g/mol. The lowest BCUT2D eigenvalue weighted by Gasteiger charge is -2.51. The first-order valence-electron chi connectivity index (χ1n) is 10.6. The van der Waals surface area contributed by atoms with Crippen LogP contribution in [0.1, 0.15) is 37.7 Å². The van der Waals surface area contributed by atoms with Crippen LogP contribution >= 0.6 is 0 Å². The molecule has 3 heterocycles. The van der Waals surface area contributed by atoms with Gasteiger partial charge in [0.15, 0.2) is 0 Å². The van der Waals surface area contributed by atoms with Crippen molar-refractivity contribution in [2.45, 2.75) is 50.5 Å². The Balaban J connectivity index is 1.40. The van der Waals surface area contributed by atoms with E-state index in [-0.39, 0.29) is 18.8 Å². The second kappa shape index (κ2) is 8.38. The Morgan fingerprint density at radius 3 is 2.81 bits per heavy atom. The predicted octanol–water partition coefficient (Wildman–Crippen LogP) is 3.15. The number of hydrogen-bond acceptors (Lipinski definition) is 7. The minimum atomic E-state index is -2.56. The summed E-state index contributed by atoms with van der Waals surface area (Å²) < 4.78 is 29.1. The van der Waals surface area contributed by atoms with E-state index in [0.29, 0.717) is 38.4 Å². The van der Waals surface area contributed by atoms with E-state index in [1.165, 1.54) is 0 Å². The number of nitrogens with one attached hydrogen (secondary N) is 2. The van der Waals surface area contributed by atoms with Gasteiger partial charge in [-0.05, 0) is 32.2 Å². The SMILES string of the molecule is Cc1cnc(Nc2cnn(C)c2)nc1N1CC(CC#N)(NC[C@@H]2CCCC(F)(F)C2)C1. The van der Waals surface area contributed by atoms with Crippen molar-refractivity contribution >= 4 is 17.5 Å². The molecule has 10 heteroatoms. The van der Waals surface area contributed by atoms with Crippen molar-refractivity contribution in [1.82, 2.24) is 25.1 Å². The Morgan fingerprint density at radius 2 is 2.13 bits per heavy atom. The van der Waals surface area contributed by atoms with Crippen LogP contribution < -0.4 is 15.5 Å². The van der Waals surface area contributed by atoms with E-state index >= 15 is 0 Å². The predicted molar refractivity (Wildman–Crippen MR) is 113 cm³/mol. The van der Waals surface area contributed by atoms with E-state index in [1.807, 2.05) is 20.2 Å². The summed E-state index contributed by atoms with van der Waals surface area (Å²) in [6, 6.07) is 2.26. The van der Waals surface area contributed by atoms with Crippen LogP contribution in [0.15, 0.2) is 18.6 Å². The number of hydrogen-bond donors (Lipinski definition) is 2. The monoisotopic (exact) mass is 430 g/mol. The molecule has 2 N–H and O–H groups in total. The molecule has 8 nitrogen and oxygen atoms in total. The third kappa shape index (κ3) is 4.93. The van der Waals surface area contributed by atoms with Crippen LogP contribution in [-0.4, -0.2) is 50.8 Å². The molecule has 2 aromatic rings. The lowest BCUT2D eigenvalue weighted by Crippen LogP contribution is -2.70. The van der Waals surface area contributed by atoms with E-state index < -0.39 is 11.5 Å². The van der Waals surface area contributed by atoms with Gasteiger partial charge >= 0.3 is 0 Å². The van der Waals surface area contributed by atoms with Gasteiger partial charge in [0.25, 0.3) is 0 Å². The molecule has 1 saturated heterocycles. The Bertz CT molecular complexity index is 961. The average molecular weight is 431 g/mol. The zero-order chi connectivity index (χ0) is 22.1. The molecule has 2 aromatic heterocycles. The lowest BCUT2D eigenvalue weighted by atomic mass is 9.83. The quantitative estimate of drug-likeness (QED) is 0.697. The molecule has 0 radical (unpaired) electrons. The summed E-state index contributed by atoms with van der Waals surface area (Å²) in [5.41, 5.74) is 1.34. The van der Waals surface area contributed by atoms with Crippen molar-refractivity contribution in [3.05, 3.63) is 24.2 Å². The molecule has 1 aliphatic heterocycles. The van der Waals surface area contributed by atoms with Crippen molar-refractivity contribution in [3.63, 3.8) is 0 Å². The summed E-state index contributed by atoms with van der Waals surface area (Å²) in [4.78, 5) is 11.1. The lowest BCUT2D eigenvalue weighted by molar-refractivity contribution is -0.0531. The van der Waals surface area contributed by atoms with E-state index in [4.69, 9.17) is 0 Å². The fraction of sp³-hybridized carbons (Fsp3) is 0.619. The first-order chi connectivity index (χ1) is 14.8. The van der Waals surface area contributed by atoms with Gasteiger partial charge in [-0.15, -0.1) is 0 Å². The van der Waals surface area contributed by atoms with Gasteiger partial charge in [0.05, 0.1) is 29.9 Å². The van der Waals surface area contributed by atoms with E-state index in [0.717, 1.165) is 23.5 Å². The number of alkyl halides is 2. The standard InChI is InChI=1S/C21H28F2N8/c1-15-9-25-19(28-17-11-27-30(2)12-17)29-18(15)31-13-20(14-31,6-7-24)26-10-16-4-3-5-21(22,23)8-16/h9,11-12,16,26H,3-6,8,10,13-14H2,1-2H3,(H,25,28,29)/t16-/m1/s1. The van der Waals surface area contributed by atoms with Crippen molar-refractivity contribution in [2.24, 2.45) is 13.0 Å². The van der Waals surface area contributed by atoms with Gasteiger partial charge in [0.1, 0.15) is 5.82 Å². The van der Waals surface area contributed by atoms with Crippen LogP contribution in [0.4, 0.5) is 26.2 Å². The highest BCUT2D eigenvalue weighted by Crippen LogP contribution is 2.37. The number of nitriles is 1. The molecule has 166 valence electrons. The molecule has 1 atom stereocenters. The van der Waals surface area contributed by atoms with Crippen LogP contribution in [0.5, 0.6) is 0 Å². The van der Waals surface area contributed by atoms with Crippen LogP contribution in [0.2, 0.25) is 0 Å². The first kappa shape index (κ1) is 21.4. The fourth-order valence-electron chi connectivity index (χ4n) is 4.51. The fourth-order valence-corrected chi connectivity index (χ4v) is 4.51. The minimum Gasteiger partial charge on any atom is -0.352 e. The summed E-state index contributed by atoms with van der Waals surface area (Å²) in [7, 11) is 1.84. The zero-order valence-electron chi connectivity index (χ0n) is 17.9. The van der Waals surface area contributed by atoms with Crippen LogP contribution in [0.3, 0.4) is 0 Å². The van der Waals surface area contributed by atoms with Gasteiger partial charge in [-0.25, -0.2) is 13.8 Å². The van der Waals surface area contributed by atoms with Crippen molar-refractivity contribution in [3.8, 4) is 6.07 Å². The van der Waals surface area contributed by atoms with E-state index in [2.05, 4.69) is 36.7 Å². The zero-order valence-corrected chi connectivity index (χ0v) is 17.9. The minimum absolute atomic E-state index is 0.0109. The molecule has 0 spiro atoms. The Labute approximate surface area is 180 Å². The summed E-state index contributed by atoms with van der Waals surface area (Å²) in [6.45, 7) is 3.68. The molecule has 0 bridgehead atoms. The highest BCUT2D eigenvalue weighted by molar-refractivity contribution is 5.57. The van der Waals surface area contributed by atoms with E-state index in [1.54, 1.807) is 17.1 Å². The van der Waals surface area contributed by atoms with Gasteiger partial charge in [0, 0.05) is 50.9 Å². The average Bonchev–Trinajstić information content (AvgIpc) is 3.09. The maximum absolute atomic E-state index is 13.7. The van der Waals surface area contributed by atoms with Crippen molar-refractivity contribution in [2.75, 3.05) is 29.9 Å². The Hall–Kier alpha value is -2.80. The second-order valence-electron chi connectivity index (χ2n) is 8.90. The number of rotatable bonds is 7. The maximum Gasteiger partial charge on any atom is 0.248 e.